The van der Waals surface area contributed by atoms with Crippen LogP contribution >= 0.6 is 0 Å². The molecule has 0 bridgehead atoms. The average Bonchev–Trinajstić information content (AvgIpc) is 2.32. The molecule has 7 nitrogen and oxygen atoms in total. The topological polar surface area (TPSA) is 99.9 Å². The smallest absolute Gasteiger partial charge is 0.332 e. The van der Waals surface area contributed by atoms with Gasteiger partial charge in [0.2, 0.25) is 5.91 Å². The number of nitrogens with one attached hydrogen (secondary N) is 1. The molecule has 0 aromatic heterocycles. The molecule has 0 rings (SSSR count). The first kappa shape index (κ1) is 15.8. The number of carbonyl (C=O) groups excluding carboxylic acids is 2. The van der Waals surface area contributed by atoms with Crippen molar-refractivity contribution in [2.24, 2.45) is 5.73 Å². The van der Waals surface area contributed by atoms with Crippen molar-refractivity contribution in [2.45, 2.75) is 13.0 Å². The first-order valence-electron chi connectivity index (χ1n) is 5.40. The lowest BCUT2D eigenvalue weighted by atomic mass is 10.3. The molecule has 0 fully saturated rings. The summed E-state index contributed by atoms with van der Waals surface area (Å²) in [6, 6.07) is -1.28. The molecule has 0 aromatic carbocycles. The number of hydrogen-bond donors (Lipinski definition) is 2. The molecule has 1 amide bonds. The van der Waals surface area contributed by atoms with Gasteiger partial charge in [0.15, 0.2) is 6.04 Å². The highest BCUT2D eigenvalue weighted by Crippen LogP contribution is 1.86. The summed E-state index contributed by atoms with van der Waals surface area (Å²) < 4.78 is 14.5. The van der Waals surface area contributed by atoms with Crippen molar-refractivity contribution in [3.8, 4) is 0 Å². The summed E-state index contributed by atoms with van der Waals surface area (Å²) in [5.74, 6) is -1.30. The number of nitrogens with two attached hydrogens (primary N) is 1. The number of hydrogen-bond acceptors (Lipinski definition) is 6. The van der Waals surface area contributed by atoms with Crippen molar-refractivity contribution >= 4 is 11.9 Å². The molecule has 0 aliphatic rings. The van der Waals surface area contributed by atoms with Gasteiger partial charge in [0, 0.05) is 13.7 Å². The van der Waals surface area contributed by atoms with Crippen molar-refractivity contribution in [3.05, 3.63) is 0 Å². The maximum atomic E-state index is 11.3. The zero-order chi connectivity index (χ0) is 13.1. The Bertz CT molecular complexity index is 235. The number of carbonyl (C=O) groups is 2. The number of amides is 1. The molecule has 0 aliphatic carbocycles. The van der Waals surface area contributed by atoms with Crippen LogP contribution in [0.15, 0.2) is 0 Å². The Morgan fingerprint density at radius 1 is 1.29 bits per heavy atom. The highest BCUT2D eigenvalue weighted by Gasteiger charge is 2.22. The normalized spacial score (nSPS) is 11.9. The number of methoxy groups -OCH3 is 1. The summed E-state index contributed by atoms with van der Waals surface area (Å²) in [7, 11) is 1.57. The molecule has 17 heavy (non-hydrogen) atoms. The van der Waals surface area contributed by atoms with Crippen molar-refractivity contribution in [1.29, 1.82) is 0 Å². The third kappa shape index (κ3) is 7.67. The van der Waals surface area contributed by atoms with Gasteiger partial charge in [-0.1, -0.05) is 0 Å². The lowest BCUT2D eigenvalue weighted by Crippen LogP contribution is -2.47. The maximum Gasteiger partial charge on any atom is 0.332 e. The summed E-state index contributed by atoms with van der Waals surface area (Å²) in [6.45, 7) is 3.42. The van der Waals surface area contributed by atoms with E-state index in [4.69, 9.17) is 15.2 Å². The predicted molar refractivity (Wildman–Crippen MR) is 60.3 cm³/mol. The molecular weight excluding hydrogens is 228 g/mol. The van der Waals surface area contributed by atoms with E-state index in [1.54, 1.807) is 14.0 Å². The SMILES string of the molecule is CCOC(=O)C(N)C(=O)NCCOCCOC. The Kier molecular flexibility index (Phi) is 9.31. The minimum atomic E-state index is -1.28. The van der Waals surface area contributed by atoms with Crippen LogP contribution in [0.2, 0.25) is 0 Å². The zero-order valence-corrected chi connectivity index (χ0v) is 10.2. The van der Waals surface area contributed by atoms with Gasteiger partial charge in [-0.2, -0.15) is 0 Å². The summed E-state index contributed by atoms with van der Waals surface area (Å²) in [4.78, 5) is 22.4. The van der Waals surface area contributed by atoms with E-state index in [1.165, 1.54) is 0 Å². The van der Waals surface area contributed by atoms with Crippen molar-refractivity contribution in [3.63, 3.8) is 0 Å². The fourth-order valence-corrected chi connectivity index (χ4v) is 0.940. The van der Waals surface area contributed by atoms with Crippen LogP contribution in [0, 0.1) is 0 Å². The van der Waals surface area contributed by atoms with E-state index >= 15 is 0 Å². The Hall–Kier alpha value is -1.18. The van der Waals surface area contributed by atoms with Crippen LogP contribution in [0.25, 0.3) is 0 Å². The lowest BCUT2D eigenvalue weighted by Gasteiger charge is -2.11. The molecule has 0 aliphatic heterocycles. The average molecular weight is 248 g/mol. The third-order valence-corrected chi connectivity index (χ3v) is 1.80. The second-order valence-electron chi connectivity index (χ2n) is 3.13. The summed E-state index contributed by atoms with van der Waals surface area (Å²) >= 11 is 0. The van der Waals surface area contributed by atoms with E-state index in [-0.39, 0.29) is 13.2 Å². The highest BCUT2D eigenvalue weighted by atomic mass is 16.5. The van der Waals surface area contributed by atoms with Crippen LogP contribution in [0.3, 0.4) is 0 Å². The molecule has 0 saturated carbocycles. The third-order valence-electron chi connectivity index (χ3n) is 1.80. The molecular formula is C10H20N2O5. The van der Waals surface area contributed by atoms with Crippen LogP contribution in [0.5, 0.6) is 0 Å². The molecule has 0 aromatic rings. The van der Waals surface area contributed by atoms with Crippen molar-refractivity contribution in [1.82, 2.24) is 5.32 Å². The zero-order valence-electron chi connectivity index (χ0n) is 10.2. The first-order chi connectivity index (χ1) is 8.13. The standard InChI is InChI=1S/C10H20N2O5/c1-3-17-10(14)8(11)9(13)12-4-5-16-7-6-15-2/h8H,3-7,11H2,1-2H3,(H,12,13). The maximum absolute atomic E-state index is 11.3. The minimum absolute atomic E-state index is 0.194. The monoisotopic (exact) mass is 248 g/mol. The van der Waals surface area contributed by atoms with Crippen LogP contribution in [-0.2, 0) is 23.8 Å². The van der Waals surface area contributed by atoms with Crippen LogP contribution in [0.1, 0.15) is 6.92 Å². The molecule has 0 radical (unpaired) electrons. The molecule has 0 saturated heterocycles. The van der Waals surface area contributed by atoms with Gasteiger partial charge < -0.3 is 25.3 Å². The van der Waals surface area contributed by atoms with Crippen LogP contribution in [-0.4, -0.2) is 58.0 Å². The Balaban J connectivity index is 3.60. The van der Waals surface area contributed by atoms with Crippen LogP contribution < -0.4 is 11.1 Å². The molecule has 1 unspecified atom stereocenters. The van der Waals surface area contributed by atoms with E-state index < -0.39 is 17.9 Å². The van der Waals surface area contributed by atoms with E-state index in [0.29, 0.717) is 19.8 Å². The molecule has 7 heteroatoms. The molecule has 1 atom stereocenters. The minimum Gasteiger partial charge on any atom is -0.464 e. The molecule has 0 heterocycles. The number of esters is 1. The summed E-state index contributed by atoms with van der Waals surface area (Å²) in [5.41, 5.74) is 5.36. The van der Waals surface area contributed by atoms with E-state index in [0.717, 1.165) is 0 Å². The fraction of sp³-hybridized carbons (Fsp3) is 0.800. The van der Waals surface area contributed by atoms with Gasteiger partial charge in [-0.3, -0.25) is 4.79 Å². The fourth-order valence-electron chi connectivity index (χ4n) is 0.940. The lowest BCUT2D eigenvalue weighted by molar-refractivity contribution is -0.148. The van der Waals surface area contributed by atoms with Crippen LogP contribution in [0.4, 0.5) is 0 Å². The quantitative estimate of drug-likeness (QED) is 0.297. The Morgan fingerprint density at radius 2 is 2.00 bits per heavy atom. The van der Waals surface area contributed by atoms with Gasteiger partial charge in [0.1, 0.15) is 0 Å². The predicted octanol–water partition coefficient (Wildman–Crippen LogP) is -1.34. The second kappa shape index (κ2) is 10.0. The van der Waals surface area contributed by atoms with Gasteiger partial charge in [-0.05, 0) is 6.92 Å². The van der Waals surface area contributed by atoms with Crippen molar-refractivity contribution in [2.75, 3.05) is 40.1 Å². The number of ether oxygens (including phenoxy) is 3. The van der Waals surface area contributed by atoms with Gasteiger partial charge in [-0.15, -0.1) is 0 Å². The van der Waals surface area contributed by atoms with E-state index in [2.05, 4.69) is 10.1 Å². The van der Waals surface area contributed by atoms with Gasteiger partial charge >= 0.3 is 5.97 Å². The Labute approximate surface area is 101 Å². The summed E-state index contributed by atoms with van der Waals surface area (Å²) in [6.07, 6.45) is 0. The van der Waals surface area contributed by atoms with E-state index in [1.807, 2.05) is 0 Å². The van der Waals surface area contributed by atoms with E-state index in [9.17, 15) is 9.59 Å². The van der Waals surface area contributed by atoms with Gasteiger partial charge in [0.05, 0.1) is 26.4 Å². The number of rotatable bonds is 9. The largest absolute Gasteiger partial charge is 0.464 e. The second-order valence-corrected chi connectivity index (χ2v) is 3.13. The molecule has 100 valence electrons. The van der Waals surface area contributed by atoms with Gasteiger partial charge in [-0.25, -0.2) is 4.79 Å². The first-order valence-corrected chi connectivity index (χ1v) is 5.40. The highest BCUT2D eigenvalue weighted by molar-refractivity contribution is 6.01. The van der Waals surface area contributed by atoms with Crippen molar-refractivity contribution < 1.29 is 23.8 Å². The Morgan fingerprint density at radius 3 is 2.59 bits per heavy atom. The molecule has 3 N–H and O–H groups in total. The molecule has 0 spiro atoms. The summed E-state index contributed by atoms with van der Waals surface area (Å²) in [5, 5.41) is 2.47. The van der Waals surface area contributed by atoms with Gasteiger partial charge in [0.25, 0.3) is 0 Å².